The van der Waals surface area contributed by atoms with Gasteiger partial charge in [-0.1, -0.05) is 13.8 Å². The van der Waals surface area contributed by atoms with Gasteiger partial charge in [0.25, 0.3) is 10.0 Å². The number of rotatable bonds is 2. The molecule has 1 aromatic rings. The fraction of sp³-hybridized carbons (Fsp3) is 0.667. The van der Waals surface area contributed by atoms with Crippen LogP contribution in [0.1, 0.15) is 33.1 Å². The van der Waals surface area contributed by atoms with E-state index in [2.05, 4.69) is 29.8 Å². The standard InChI is InChI=1S/C12H18BrNO2S2/c1-12(2)5-3-7-14(8-6-12)18(15,16)11-10(13)4-9-17-11/h4,9H,3,5-8H2,1-2H3. The Morgan fingerprint density at radius 1 is 1.33 bits per heavy atom. The normalized spacial score (nSPS) is 21.7. The van der Waals surface area contributed by atoms with Crippen LogP contribution >= 0.6 is 27.3 Å². The van der Waals surface area contributed by atoms with Crippen LogP contribution in [0.4, 0.5) is 0 Å². The van der Waals surface area contributed by atoms with Crippen LogP contribution in [0, 0.1) is 5.41 Å². The topological polar surface area (TPSA) is 37.4 Å². The molecule has 0 spiro atoms. The lowest BCUT2D eigenvalue weighted by molar-refractivity contribution is 0.315. The largest absolute Gasteiger partial charge is 0.253 e. The van der Waals surface area contributed by atoms with Crippen LogP contribution in [0.25, 0.3) is 0 Å². The molecule has 2 rings (SSSR count). The molecule has 2 heterocycles. The lowest BCUT2D eigenvalue weighted by Gasteiger charge is -2.22. The van der Waals surface area contributed by atoms with E-state index in [-0.39, 0.29) is 5.41 Å². The Kier molecular flexibility index (Phi) is 4.21. The second kappa shape index (κ2) is 5.23. The first-order chi connectivity index (χ1) is 8.33. The molecule has 102 valence electrons. The Morgan fingerprint density at radius 3 is 2.67 bits per heavy atom. The predicted octanol–water partition coefficient (Wildman–Crippen LogP) is 3.71. The third-order valence-corrected chi connectivity index (χ3v) is 8.00. The summed E-state index contributed by atoms with van der Waals surface area (Å²) in [6, 6.07) is 1.79. The molecule has 1 aromatic heterocycles. The fourth-order valence-corrected chi connectivity index (χ4v) is 6.15. The van der Waals surface area contributed by atoms with E-state index in [0.717, 1.165) is 19.3 Å². The van der Waals surface area contributed by atoms with E-state index < -0.39 is 10.0 Å². The van der Waals surface area contributed by atoms with Gasteiger partial charge >= 0.3 is 0 Å². The third kappa shape index (κ3) is 2.98. The highest BCUT2D eigenvalue weighted by molar-refractivity contribution is 9.10. The van der Waals surface area contributed by atoms with Gasteiger partial charge in [-0.05, 0) is 52.1 Å². The molecule has 1 saturated heterocycles. The number of nitrogens with zero attached hydrogens (tertiary/aromatic N) is 1. The van der Waals surface area contributed by atoms with Crippen molar-refractivity contribution in [3.05, 3.63) is 15.9 Å². The highest BCUT2D eigenvalue weighted by Crippen LogP contribution is 2.35. The molecule has 0 aromatic carbocycles. The number of hydrogen-bond acceptors (Lipinski definition) is 3. The number of hydrogen-bond donors (Lipinski definition) is 0. The highest BCUT2D eigenvalue weighted by Gasteiger charge is 2.32. The van der Waals surface area contributed by atoms with E-state index in [1.54, 1.807) is 15.8 Å². The molecule has 1 fully saturated rings. The van der Waals surface area contributed by atoms with E-state index in [1.807, 2.05) is 0 Å². The van der Waals surface area contributed by atoms with Crippen LogP contribution in [0.5, 0.6) is 0 Å². The molecule has 0 saturated carbocycles. The first-order valence-electron chi connectivity index (χ1n) is 6.06. The minimum atomic E-state index is -3.32. The molecule has 1 aliphatic rings. The second-order valence-corrected chi connectivity index (χ2v) is 9.38. The van der Waals surface area contributed by atoms with Crippen molar-refractivity contribution in [2.24, 2.45) is 5.41 Å². The van der Waals surface area contributed by atoms with E-state index in [4.69, 9.17) is 0 Å². The zero-order chi connectivity index (χ0) is 13.4. The van der Waals surface area contributed by atoms with Gasteiger partial charge in [-0.25, -0.2) is 8.42 Å². The molecule has 0 atom stereocenters. The maximum absolute atomic E-state index is 12.5. The van der Waals surface area contributed by atoms with Crippen LogP contribution in [0.15, 0.2) is 20.1 Å². The van der Waals surface area contributed by atoms with Crippen LogP contribution in [0.2, 0.25) is 0 Å². The van der Waals surface area contributed by atoms with Crippen LogP contribution < -0.4 is 0 Å². The smallest absolute Gasteiger partial charge is 0.206 e. The average molecular weight is 352 g/mol. The van der Waals surface area contributed by atoms with Crippen molar-refractivity contribution >= 4 is 37.3 Å². The summed E-state index contributed by atoms with van der Waals surface area (Å²) in [5, 5.41) is 1.80. The van der Waals surface area contributed by atoms with Gasteiger partial charge < -0.3 is 0 Å². The van der Waals surface area contributed by atoms with Crippen LogP contribution in [0.3, 0.4) is 0 Å². The molecule has 0 unspecified atom stereocenters. The minimum absolute atomic E-state index is 0.247. The van der Waals surface area contributed by atoms with Gasteiger partial charge in [0.05, 0.1) is 0 Å². The van der Waals surface area contributed by atoms with E-state index in [1.165, 1.54) is 11.3 Å². The maximum Gasteiger partial charge on any atom is 0.253 e. The molecule has 18 heavy (non-hydrogen) atoms. The average Bonchev–Trinajstić information content (AvgIpc) is 2.60. The SMILES string of the molecule is CC1(C)CCCN(S(=O)(=O)c2sccc2Br)CC1. The molecule has 0 amide bonds. The molecular formula is C12H18BrNO2S2. The maximum atomic E-state index is 12.5. The molecule has 1 aliphatic heterocycles. The zero-order valence-corrected chi connectivity index (χ0v) is 13.9. The summed E-state index contributed by atoms with van der Waals surface area (Å²) in [5.41, 5.74) is 0.247. The second-order valence-electron chi connectivity index (χ2n) is 5.48. The lowest BCUT2D eigenvalue weighted by atomic mass is 9.85. The molecule has 3 nitrogen and oxygen atoms in total. The first kappa shape index (κ1) is 14.5. The monoisotopic (exact) mass is 351 g/mol. The number of sulfonamides is 1. The van der Waals surface area contributed by atoms with Gasteiger partial charge in [0.1, 0.15) is 4.21 Å². The van der Waals surface area contributed by atoms with Gasteiger partial charge in [-0.2, -0.15) is 4.31 Å². The highest BCUT2D eigenvalue weighted by atomic mass is 79.9. The Bertz CT molecular complexity index is 522. The van der Waals surface area contributed by atoms with E-state index in [9.17, 15) is 8.42 Å². The summed E-state index contributed by atoms with van der Waals surface area (Å²) >= 11 is 4.60. The number of halogens is 1. The number of thiophene rings is 1. The lowest BCUT2D eigenvalue weighted by Crippen LogP contribution is -2.32. The van der Waals surface area contributed by atoms with Gasteiger partial charge in [0, 0.05) is 17.6 Å². The third-order valence-electron chi connectivity index (χ3n) is 3.46. The first-order valence-corrected chi connectivity index (χ1v) is 9.17. The molecule has 0 bridgehead atoms. The Balaban J connectivity index is 2.24. The summed E-state index contributed by atoms with van der Waals surface area (Å²) < 4.78 is 27.8. The van der Waals surface area contributed by atoms with Crippen molar-refractivity contribution in [2.75, 3.05) is 13.1 Å². The molecule has 0 aliphatic carbocycles. The zero-order valence-electron chi connectivity index (χ0n) is 10.6. The van der Waals surface area contributed by atoms with E-state index >= 15 is 0 Å². The van der Waals surface area contributed by atoms with Gasteiger partial charge in [0.2, 0.25) is 0 Å². The fourth-order valence-electron chi connectivity index (χ4n) is 2.22. The molecule has 6 heteroatoms. The Hall–Kier alpha value is 0.0900. The summed E-state index contributed by atoms with van der Waals surface area (Å²) in [7, 11) is -3.32. The van der Waals surface area contributed by atoms with Gasteiger partial charge in [-0.3, -0.25) is 0 Å². The summed E-state index contributed by atoms with van der Waals surface area (Å²) in [4.78, 5) is 0. The van der Waals surface area contributed by atoms with Crippen molar-refractivity contribution in [2.45, 2.75) is 37.3 Å². The predicted molar refractivity (Wildman–Crippen MR) is 78.4 cm³/mol. The Labute approximate surface area is 121 Å². The molecular weight excluding hydrogens is 334 g/mol. The van der Waals surface area contributed by atoms with Crippen molar-refractivity contribution in [1.29, 1.82) is 0 Å². The van der Waals surface area contributed by atoms with Crippen LogP contribution in [-0.4, -0.2) is 25.8 Å². The minimum Gasteiger partial charge on any atom is -0.206 e. The summed E-state index contributed by atoms with van der Waals surface area (Å²) in [6.07, 6.45) is 2.95. The molecule has 0 N–H and O–H groups in total. The Morgan fingerprint density at radius 2 is 2.06 bits per heavy atom. The van der Waals surface area contributed by atoms with E-state index in [0.29, 0.717) is 21.8 Å². The quantitative estimate of drug-likeness (QED) is 0.814. The van der Waals surface area contributed by atoms with Gasteiger partial charge in [-0.15, -0.1) is 11.3 Å². The van der Waals surface area contributed by atoms with Crippen molar-refractivity contribution < 1.29 is 8.42 Å². The van der Waals surface area contributed by atoms with Crippen molar-refractivity contribution in [3.8, 4) is 0 Å². The molecule has 0 radical (unpaired) electrons. The van der Waals surface area contributed by atoms with Crippen molar-refractivity contribution in [1.82, 2.24) is 4.31 Å². The van der Waals surface area contributed by atoms with Gasteiger partial charge in [0.15, 0.2) is 0 Å². The van der Waals surface area contributed by atoms with Crippen molar-refractivity contribution in [3.63, 3.8) is 0 Å². The van der Waals surface area contributed by atoms with Crippen LogP contribution in [-0.2, 0) is 10.0 Å². The summed E-state index contributed by atoms with van der Waals surface area (Å²) in [6.45, 7) is 5.68. The summed E-state index contributed by atoms with van der Waals surface area (Å²) in [5.74, 6) is 0.